The number of aryl methyl sites for hydroxylation is 2. The van der Waals surface area contributed by atoms with Crippen molar-refractivity contribution in [3.8, 4) is 0 Å². The molecule has 24 heavy (non-hydrogen) atoms. The zero-order valence-corrected chi connectivity index (χ0v) is 14.3. The van der Waals surface area contributed by atoms with Crippen molar-refractivity contribution < 1.29 is 25.9 Å². The highest BCUT2D eigenvalue weighted by Crippen LogP contribution is 2.30. The van der Waals surface area contributed by atoms with Gasteiger partial charge in [-0.2, -0.15) is 21.9 Å². The summed E-state index contributed by atoms with van der Waals surface area (Å²) in [6.45, 7) is 3.52. The van der Waals surface area contributed by atoms with Gasteiger partial charge in [0.15, 0.2) is 0 Å². The molecule has 0 unspecified atom stereocenters. The molecule has 2 aromatic rings. The fourth-order valence-electron chi connectivity index (χ4n) is 1.83. The summed E-state index contributed by atoms with van der Waals surface area (Å²) < 4.78 is 63.4. The summed E-state index contributed by atoms with van der Waals surface area (Å²) in [6.07, 6.45) is 0. The number of hydrogen-bond acceptors (Lipinski definition) is 6. The van der Waals surface area contributed by atoms with E-state index in [9.17, 15) is 21.4 Å². The Morgan fingerprint density at radius 3 is 2.12 bits per heavy atom. The highest BCUT2D eigenvalue weighted by Gasteiger charge is 2.19. The summed E-state index contributed by atoms with van der Waals surface area (Å²) in [4.78, 5) is -1.20. The van der Waals surface area contributed by atoms with Gasteiger partial charge in [0.25, 0.3) is 20.2 Å². The van der Waals surface area contributed by atoms with Crippen LogP contribution in [0.1, 0.15) is 11.1 Å². The summed E-state index contributed by atoms with van der Waals surface area (Å²) in [7, 11) is -9.22. The Hall–Kier alpha value is -2.14. The van der Waals surface area contributed by atoms with E-state index < -0.39 is 35.7 Å². The van der Waals surface area contributed by atoms with Crippen molar-refractivity contribution in [2.24, 2.45) is 10.2 Å². The van der Waals surface area contributed by atoms with Gasteiger partial charge in [0.05, 0.1) is 10.6 Å². The molecule has 0 atom stereocenters. The van der Waals surface area contributed by atoms with Gasteiger partial charge >= 0.3 is 0 Å². The second kappa shape index (κ2) is 6.40. The lowest BCUT2D eigenvalue weighted by Gasteiger charge is -2.05. The molecule has 0 aliphatic heterocycles. The van der Waals surface area contributed by atoms with Crippen molar-refractivity contribution >= 4 is 31.6 Å². The van der Waals surface area contributed by atoms with Gasteiger partial charge in [-0.25, -0.2) is 0 Å². The van der Waals surface area contributed by atoms with Crippen LogP contribution < -0.4 is 0 Å². The van der Waals surface area contributed by atoms with Crippen LogP contribution in [0.2, 0.25) is 0 Å². The molecule has 0 bridgehead atoms. The van der Waals surface area contributed by atoms with Gasteiger partial charge in [-0.15, -0.1) is 5.11 Å². The topological polar surface area (TPSA) is 133 Å². The normalized spacial score (nSPS) is 12.7. The van der Waals surface area contributed by atoms with Gasteiger partial charge in [-0.3, -0.25) is 9.11 Å². The highest BCUT2D eigenvalue weighted by molar-refractivity contribution is 7.86. The molecule has 2 aromatic carbocycles. The Labute approximate surface area is 139 Å². The van der Waals surface area contributed by atoms with Crippen LogP contribution in [0.3, 0.4) is 0 Å². The Morgan fingerprint density at radius 2 is 1.54 bits per heavy atom. The van der Waals surface area contributed by atoms with Crippen molar-refractivity contribution in [3.63, 3.8) is 0 Å². The third-order valence-corrected chi connectivity index (χ3v) is 4.80. The maximum Gasteiger partial charge on any atom is 0.296 e. The van der Waals surface area contributed by atoms with Crippen LogP contribution in [0, 0.1) is 19.9 Å². The van der Waals surface area contributed by atoms with Crippen molar-refractivity contribution in [2.45, 2.75) is 23.6 Å². The zero-order chi connectivity index (χ0) is 18.1. The van der Waals surface area contributed by atoms with Crippen LogP contribution in [0.25, 0.3) is 0 Å². The summed E-state index contributed by atoms with van der Waals surface area (Å²) in [5, 5.41) is 7.60. The Kier molecular flexibility index (Phi) is 4.85. The van der Waals surface area contributed by atoms with Gasteiger partial charge < -0.3 is 0 Å². The van der Waals surface area contributed by atoms with E-state index in [1.54, 1.807) is 26.0 Å². The van der Waals surface area contributed by atoms with Crippen LogP contribution in [-0.2, 0) is 20.2 Å². The van der Waals surface area contributed by atoms with E-state index in [2.05, 4.69) is 16.3 Å². The van der Waals surface area contributed by atoms with Gasteiger partial charge in [0.2, 0.25) is 0 Å². The van der Waals surface area contributed by atoms with E-state index in [1.807, 2.05) is 0 Å². The molecule has 8 nitrogen and oxygen atoms in total. The number of hydrogen-bond donors (Lipinski definition) is 2. The summed E-state index contributed by atoms with van der Waals surface area (Å²) in [5.41, 5.74) is 1.49. The largest absolute Gasteiger partial charge is 0.296 e. The van der Waals surface area contributed by atoms with E-state index in [0.29, 0.717) is 11.3 Å². The third kappa shape index (κ3) is 4.23. The molecule has 127 valence electrons. The van der Waals surface area contributed by atoms with Gasteiger partial charge in [-0.1, -0.05) is 0 Å². The Morgan fingerprint density at radius 1 is 0.917 bits per heavy atom. The van der Waals surface area contributed by atoms with E-state index in [0.717, 1.165) is 23.8 Å². The minimum Gasteiger partial charge on any atom is -0.282 e. The van der Waals surface area contributed by atoms with E-state index in [-0.39, 0.29) is 0 Å². The molecule has 1 radical (unpaired) electrons. The third-order valence-electron chi connectivity index (χ3n) is 3.05. The molecule has 0 aromatic heterocycles. The maximum absolute atomic E-state index is 11.4. The lowest BCUT2D eigenvalue weighted by molar-refractivity contribution is 0.478. The molecule has 0 saturated carbocycles. The van der Waals surface area contributed by atoms with E-state index in [4.69, 9.17) is 4.55 Å². The lowest BCUT2D eigenvalue weighted by Crippen LogP contribution is -2.02. The molecule has 0 spiro atoms. The number of nitrogens with zero attached hydrogens (tertiary/aromatic N) is 2. The predicted molar refractivity (Wildman–Crippen MR) is 85.0 cm³/mol. The molecule has 0 saturated heterocycles. The second-order valence-electron chi connectivity index (χ2n) is 4.96. The van der Waals surface area contributed by atoms with Crippen LogP contribution in [-0.4, -0.2) is 25.9 Å². The first kappa shape index (κ1) is 18.2. The summed E-state index contributed by atoms with van der Waals surface area (Å²) in [6, 6.07) is 8.74. The lowest BCUT2D eigenvalue weighted by atomic mass is 10.1. The fraction of sp³-hybridized carbons (Fsp3) is 0.143. The average Bonchev–Trinajstić information content (AvgIpc) is 2.46. The molecule has 0 amide bonds. The van der Waals surface area contributed by atoms with Gasteiger partial charge in [0, 0.05) is 0 Å². The SMILES string of the molecule is Cc1[c]cc(C)c(N=Nc2cc(S(=O)(=O)O)ccc2S(=O)(=O)O)c1. The quantitative estimate of drug-likeness (QED) is 0.628. The summed E-state index contributed by atoms with van der Waals surface area (Å²) in [5.74, 6) is 0. The van der Waals surface area contributed by atoms with Crippen LogP contribution in [0.15, 0.2) is 50.4 Å². The van der Waals surface area contributed by atoms with Crippen molar-refractivity contribution in [2.75, 3.05) is 0 Å². The fourth-order valence-corrected chi connectivity index (χ4v) is 2.93. The molecule has 2 N–H and O–H groups in total. The van der Waals surface area contributed by atoms with Crippen molar-refractivity contribution in [3.05, 3.63) is 47.5 Å². The Bertz CT molecular complexity index is 1030. The molecule has 10 heteroatoms. The van der Waals surface area contributed by atoms with Crippen LogP contribution >= 0.6 is 0 Å². The number of rotatable bonds is 4. The smallest absolute Gasteiger partial charge is 0.282 e. The average molecular weight is 369 g/mol. The molecule has 0 fully saturated rings. The maximum atomic E-state index is 11.4. The number of benzene rings is 2. The van der Waals surface area contributed by atoms with Crippen molar-refractivity contribution in [1.29, 1.82) is 0 Å². The zero-order valence-electron chi connectivity index (χ0n) is 12.6. The molecular formula is C14H13N2O6S2. The van der Waals surface area contributed by atoms with Gasteiger partial charge in [-0.05, 0) is 61.4 Å². The standard InChI is InChI=1S/C14H13N2O6S2/c1-9-3-4-10(2)12(7-9)15-16-13-8-11(23(17,18)19)5-6-14(13)24(20,21)22/h4-8H,1-2H3,(H,17,18,19)(H,20,21,22). The monoisotopic (exact) mass is 369 g/mol. The first-order valence-corrected chi connectivity index (χ1v) is 9.36. The number of azo groups is 1. The minimum atomic E-state index is -4.65. The first-order chi connectivity index (χ1) is 11.0. The molecule has 0 aliphatic carbocycles. The minimum absolute atomic E-state index is 0.419. The second-order valence-corrected chi connectivity index (χ2v) is 7.78. The van der Waals surface area contributed by atoms with Gasteiger partial charge in [0.1, 0.15) is 10.6 Å². The molecule has 0 aliphatic rings. The molecule has 2 rings (SSSR count). The van der Waals surface area contributed by atoms with Crippen molar-refractivity contribution in [1.82, 2.24) is 0 Å². The molecular weight excluding hydrogens is 356 g/mol. The summed E-state index contributed by atoms with van der Waals surface area (Å²) >= 11 is 0. The highest BCUT2D eigenvalue weighted by atomic mass is 32.2. The predicted octanol–water partition coefficient (Wildman–Crippen LogP) is 3.01. The Balaban J connectivity index is 2.62. The van der Waals surface area contributed by atoms with E-state index in [1.165, 1.54) is 0 Å². The first-order valence-electron chi connectivity index (χ1n) is 6.48. The van der Waals surface area contributed by atoms with Crippen LogP contribution in [0.5, 0.6) is 0 Å². The van der Waals surface area contributed by atoms with Crippen LogP contribution in [0.4, 0.5) is 11.4 Å². The molecule has 0 heterocycles. The van der Waals surface area contributed by atoms with E-state index >= 15 is 0 Å².